The van der Waals surface area contributed by atoms with Gasteiger partial charge in [0, 0.05) is 29.4 Å². The first kappa shape index (κ1) is 13.5. The summed E-state index contributed by atoms with van der Waals surface area (Å²) in [4.78, 5) is 14.6. The maximum absolute atomic E-state index is 11.0. The summed E-state index contributed by atoms with van der Waals surface area (Å²) < 4.78 is 0. The van der Waals surface area contributed by atoms with Gasteiger partial charge in [0.15, 0.2) is 0 Å². The maximum Gasteiger partial charge on any atom is 0.249 e. The smallest absolute Gasteiger partial charge is 0.249 e. The quantitative estimate of drug-likeness (QED) is 0.864. The lowest BCUT2D eigenvalue weighted by Crippen LogP contribution is -2.46. The molecule has 2 unspecified atom stereocenters. The number of rotatable bonds is 4. The van der Waals surface area contributed by atoms with Crippen molar-refractivity contribution in [2.45, 2.75) is 25.9 Å². The molecule has 0 aliphatic carbocycles. The predicted molar refractivity (Wildman–Crippen MR) is 74.7 cm³/mol. The van der Waals surface area contributed by atoms with Crippen LogP contribution in [0, 0.1) is 5.92 Å². The summed E-state index contributed by atoms with van der Waals surface area (Å²) >= 11 is 1.59. The summed E-state index contributed by atoms with van der Waals surface area (Å²) in [5, 5.41) is 5.42. The Bertz CT molecular complexity index is 418. The van der Waals surface area contributed by atoms with Crippen molar-refractivity contribution in [1.29, 1.82) is 0 Å². The van der Waals surface area contributed by atoms with Gasteiger partial charge in [-0.15, -0.1) is 11.3 Å². The minimum atomic E-state index is -0.342. The Balaban J connectivity index is 1.85. The van der Waals surface area contributed by atoms with Crippen molar-refractivity contribution < 1.29 is 4.79 Å². The largest absolute Gasteiger partial charge is 0.366 e. The third kappa shape index (κ3) is 3.31. The van der Waals surface area contributed by atoms with E-state index in [0.717, 1.165) is 19.6 Å². The van der Waals surface area contributed by atoms with Gasteiger partial charge in [-0.25, -0.2) is 0 Å². The summed E-state index contributed by atoms with van der Waals surface area (Å²) in [6.07, 6.45) is 1.19. The molecule has 4 nitrogen and oxygen atoms in total. The Kier molecular flexibility index (Phi) is 4.37. The minimum Gasteiger partial charge on any atom is -0.366 e. The first-order chi connectivity index (χ1) is 8.56. The number of carbonyl (C=O) groups excluding carboxylic acids is 1. The van der Waals surface area contributed by atoms with Crippen molar-refractivity contribution in [2.75, 3.05) is 20.1 Å². The number of nitrogens with one attached hydrogen (secondary N) is 1. The molecule has 1 aliphatic heterocycles. The average Bonchev–Trinajstić information content (AvgIpc) is 2.76. The van der Waals surface area contributed by atoms with Crippen molar-refractivity contribution in [1.82, 2.24) is 10.2 Å². The third-order valence-electron chi connectivity index (χ3n) is 3.59. The number of nitrogens with two attached hydrogens (primary N) is 1. The zero-order chi connectivity index (χ0) is 13.1. The number of likely N-dealkylation sites (tertiary alicyclic amines) is 1. The van der Waals surface area contributed by atoms with Crippen LogP contribution in [0.15, 0.2) is 11.4 Å². The number of carbonyl (C=O) groups is 1. The molecule has 5 heteroatoms. The molecule has 3 N–H and O–H groups in total. The maximum atomic E-state index is 11.0. The van der Waals surface area contributed by atoms with Crippen LogP contribution in [0.5, 0.6) is 0 Å². The Morgan fingerprint density at radius 3 is 3.06 bits per heavy atom. The van der Waals surface area contributed by atoms with Crippen LogP contribution in [0.25, 0.3) is 0 Å². The second-order valence-corrected chi connectivity index (χ2v) is 6.18. The molecule has 2 rings (SSSR count). The summed E-state index contributed by atoms with van der Waals surface area (Å²) in [6, 6.07) is 2.46. The van der Waals surface area contributed by atoms with Gasteiger partial charge in [0.1, 0.15) is 0 Å². The van der Waals surface area contributed by atoms with Crippen molar-refractivity contribution in [3.63, 3.8) is 0 Å². The topological polar surface area (TPSA) is 58.4 Å². The lowest BCUT2D eigenvalue weighted by atomic mass is 9.94. The molecule has 0 radical (unpaired) electrons. The molecule has 18 heavy (non-hydrogen) atoms. The Morgan fingerprint density at radius 1 is 1.67 bits per heavy atom. The standard InChI is InChI=1S/C13H21N3OS/c1-9-7-16(2)4-3-12(9)15-6-11-5-10(8-18-11)13(14)17/h5,8-9,12,15H,3-4,6-7H2,1-2H3,(H2,14,17). The molecular formula is C13H21N3OS. The normalized spacial score (nSPS) is 25.2. The van der Waals surface area contributed by atoms with Crippen LogP contribution in [-0.2, 0) is 6.54 Å². The highest BCUT2D eigenvalue weighted by atomic mass is 32.1. The lowest BCUT2D eigenvalue weighted by molar-refractivity contribution is 0.100. The van der Waals surface area contributed by atoms with Crippen LogP contribution in [-0.4, -0.2) is 37.0 Å². The van der Waals surface area contributed by atoms with Crippen molar-refractivity contribution in [3.05, 3.63) is 21.9 Å². The van der Waals surface area contributed by atoms with E-state index < -0.39 is 0 Å². The predicted octanol–water partition coefficient (Wildman–Crippen LogP) is 1.28. The van der Waals surface area contributed by atoms with Gasteiger partial charge in [0.05, 0.1) is 5.56 Å². The van der Waals surface area contributed by atoms with E-state index in [9.17, 15) is 4.79 Å². The fraction of sp³-hybridized carbons (Fsp3) is 0.615. The minimum absolute atomic E-state index is 0.342. The molecular weight excluding hydrogens is 246 g/mol. The van der Waals surface area contributed by atoms with E-state index in [1.54, 1.807) is 11.3 Å². The van der Waals surface area contributed by atoms with Crippen molar-refractivity contribution in [2.24, 2.45) is 11.7 Å². The van der Waals surface area contributed by atoms with E-state index >= 15 is 0 Å². The molecule has 2 heterocycles. The van der Waals surface area contributed by atoms with E-state index in [2.05, 4.69) is 24.2 Å². The van der Waals surface area contributed by atoms with Crippen molar-refractivity contribution in [3.8, 4) is 0 Å². The van der Waals surface area contributed by atoms with E-state index in [-0.39, 0.29) is 5.91 Å². The molecule has 1 saturated heterocycles. The molecule has 1 aliphatic rings. The molecule has 0 saturated carbocycles. The van der Waals surface area contributed by atoms with E-state index in [1.807, 2.05) is 11.4 Å². The molecule has 1 amide bonds. The first-order valence-corrected chi connectivity index (χ1v) is 7.23. The second-order valence-electron chi connectivity index (χ2n) is 5.18. The lowest BCUT2D eigenvalue weighted by Gasteiger charge is -2.35. The van der Waals surface area contributed by atoms with E-state index in [1.165, 1.54) is 11.3 Å². The van der Waals surface area contributed by atoms with Gasteiger partial charge in [-0.1, -0.05) is 6.92 Å². The zero-order valence-corrected chi connectivity index (χ0v) is 11.8. The molecule has 1 fully saturated rings. The molecule has 1 aromatic heterocycles. The molecule has 1 aromatic rings. The Hall–Kier alpha value is -0.910. The number of piperidine rings is 1. The van der Waals surface area contributed by atoms with Crippen LogP contribution in [0.3, 0.4) is 0 Å². The third-order valence-corrected chi connectivity index (χ3v) is 4.52. The van der Waals surface area contributed by atoms with Gasteiger partial charge in [-0.2, -0.15) is 0 Å². The number of hydrogen-bond acceptors (Lipinski definition) is 4. The van der Waals surface area contributed by atoms with Crippen LogP contribution < -0.4 is 11.1 Å². The molecule has 0 spiro atoms. The highest BCUT2D eigenvalue weighted by molar-refractivity contribution is 7.10. The average molecular weight is 267 g/mol. The van der Waals surface area contributed by atoms with E-state index in [0.29, 0.717) is 17.5 Å². The number of primary amides is 1. The Labute approximate surface area is 112 Å². The SMILES string of the molecule is CC1CN(C)CCC1NCc1cc(C(N)=O)cs1. The molecule has 100 valence electrons. The molecule has 2 atom stereocenters. The number of thiophene rings is 1. The fourth-order valence-electron chi connectivity index (χ4n) is 2.49. The monoisotopic (exact) mass is 267 g/mol. The van der Waals surface area contributed by atoms with Crippen LogP contribution in [0.1, 0.15) is 28.6 Å². The van der Waals surface area contributed by atoms with Gasteiger partial charge >= 0.3 is 0 Å². The second kappa shape index (κ2) is 5.82. The van der Waals surface area contributed by atoms with Gasteiger partial charge < -0.3 is 16.0 Å². The fourth-order valence-corrected chi connectivity index (χ4v) is 3.32. The van der Waals surface area contributed by atoms with Gasteiger partial charge in [-0.05, 0) is 32.0 Å². The van der Waals surface area contributed by atoms with Crippen LogP contribution >= 0.6 is 11.3 Å². The summed E-state index contributed by atoms with van der Waals surface area (Å²) in [6.45, 7) is 5.42. The summed E-state index contributed by atoms with van der Waals surface area (Å²) in [5.74, 6) is 0.324. The molecule has 0 aromatic carbocycles. The summed E-state index contributed by atoms with van der Waals surface area (Å²) in [5.41, 5.74) is 5.86. The van der Waals surface area contributed by atoms with Crippen LogP contribution in [0.4, 0.5) is 0 Å². The number of hydrogen-bond donors (Lipinski definition) is 2. The number of amides is 1. The highest BCUT2D eigenvalue weighted by Gasteiger charge is 2.23. The molecule has 0 bridgehead atoms. The van der Waals surface area contributed by atoms with Crippen LogP contribution in [0.2, 0.25) is 0 Å². The van der Waals surface area contributed by atoms with Gasteiger partial charge in [-0.3, -0.25) is 4.79 Å². The Morgan fingerprint density at radius 2 is 2.44 bits per heavy atom. The number of nitrogens with zero attached hydrogens (tertiary/aromatic N) is 1. The first-order valence-electron chi connectivity index (χ1n) is 6.35. The van der Waals surface area contributed by atoms with E-state index in [4.69, 9.17) is 5.73 Å². The zero-order valence-electron chi connectivity index (χ0n) is 11.0. The van der Waals surface area contributed by atoms with Gasteiger partial charge in [0.25, 0.3) is 0 Å². The van der Waals surface area contributed by atoms with Gasteiger partial charge in [0.2, 0.25) is 5.91 Å². The summed E-state index contributed by atoms with van der Waals surface area (Å²) in [7, 11) is 2.17. The highest BCUT2D eigenvalue weighted by Crippen LogP contribution is 2.18. The van der Waals surface area contributed by atoms with Crippen molar-refractivity contribution >= 4 is 17.2 Å².